The minimum absolute atomic E-state index is 0.185. The molecule has 0 bridgehead atoms. The third-order valence-corrected chi connectivity index (χ3v) is 6.38. The second-order valence-electron chi connectivity index (χ2n) is 6.48. The van der Waals surface area contributed by atoms with E-state index in [1.165, 1.54) is 18.5 Å². The second kappa shape index (κ2) is 8.94. The van der Waals surface area contributed by atoms with E-state index < -0.39 is 0 Å². The number of guanidine groups is 1. The first-order chi connectivity index (χ1) is 11.0. The standard InChI is InChI=1S/C17H30N4S2/c1-5-18-16(20-13-17(2,3)22-4)19-8-10-21-9-6-15-14(12-21)7-11-23-15/h7,11H,5-6,8-10,12-13H2,1-4H3,(H2,18,19,20). The smallest absolute Gasteiger partial charge is 0.191 e. The lowest BCUT2D eigenvalue weighted by atomic mass is 10.1. The first kappa shape index (κ1) is 18.6. The van der Waals surface area contributed by atoms with Crippen molar-refractivity contribution < 1.29 is 0 Å². The molecule has 0 saturated heterocycles. The lowest BCUT2D eigenvalue weighted by molar-refractivity contribution is 0.260. The molecule has 2 rings (SSSR count). The molecule has 0 aromatic carbocycles. The van der Waals surface area contributed by atoms with Crippen molar-refractivity contribution in [3.8, 4) is 0 Å². The number of aliphatic imine (C=N–C) groups is 1. The number of fused-ring (bicyclic) bond motifs is 1. The van der Waals surface area contributed by atoms with Crippen molar-refractivity contribution >= 4 is 29.1 Å². The summed E-state index contributed by atoms with van der Waals surface area (Å²) in [5.74, 6) is 0.933. The summed E-state index contributed by atoms with van der Waals surface area (Å²) in [6, 6.07) is 2.27. The van der Waals surface area contributed by atoms with E-state index in [0.717, 1.165) is 38.7 Å². The highest BCUT2D eigenvalue weighted by atomic mass is 32.2. The zero-order chi connectivity index (χ0) is 16.7. The minimum Gasteiger partial charge on any atom is -0.357 e. The van der Waals surface area contributed by atoms with Crippen LogP contribution in [0.3, 0.4) is 0 Å². The predicted molar refractivity (Wildman–Crippen MR) is 105 cm³/mol. The summed E-state index contributed by atoms with van der Waals surface area (Å²) in [5, 5.41) is 9.03. The predicted octanol–water partition coefficient (Wildman–Crippen LogP) is 2.80. The summed E-state index contributed by atoms with van der Waals surface area (Å²) < 4.78 is 0.185. The SMILES string of the molecule is CCNC(=NCC(C)(C)SC)NCCN1CCc2sccc2C1. The van der Waals surface area contributed by atoms with Crippen molar-refractivity contribution in [2.75, 3.05) is 39.0 Å². The van der Waals surface area contributed by atoms with Gasteiger partial charge in [-0.25, -0.2) is 0 Å². The van der Waals surface area contributed by atoms with Gasteiger partial charge < -0.3 is 10.6 Å². The Labute approximate surface area is 149 Å². The Balaban J connectivity index is 1.77. The van der Waals surface area contributed by atoms with Crippen LogP contribution in [0.25, 0.3) is 0 Å². The fourth-order valence-corrected chi connectivity index (χ4v) is 3.59. The van der Waals surface area contributed by atoms with E-state index in [2.05, 4.69) is 54.0 Å². The zero-order valence-corrected chi connectivity index (χ0v) is 16.4. The average molecular weight is 355 g/mol. The van der Waals surface area contributed by atoms with Gasteiger partial charge in [0.2, 0.25) is 0 Å². The topological polar surface area (TPSA) is 39.7 Å². The molecule has 130 valence electrons. The van der Waals surface area contributed by atoms with Crippen molar-refractivity contribution in [2.24, 2.45) is 4.99 Å². The van der Waals surface area contributed by atoms with Crippen LogP contribution < -0.4 is 10.6 Å². The molecule has 23 heavy (non-hydrogen) atoms. The van der Waals surface area contributed by atoms with E-state index in [4.69, 9.17) is 4.99 Å². The molecule has 2 heterocycles. The number of hydrogen-bond donors (Lipinski definition) is 2. The van der Waals surface area contributed by atoms with Crippen molar-refractivity contribution in [1.29, 1.82) is 0 Å². The highest BCUT2D eigenvalue weighted by Gasteiger charge is 2.17. The van der Waals surface area contributed by atoms with Crippen LogP contribution in [0, 0.1) is 0 Å². The molecule has 1 aromatic rings. The summed E-state index contributed by atoms with van der Waals surface area (Å²) >= 11 is 3.76. The summed E-state index contributed by atoms with van der Waals surface area (Å²) in [6.07, 6.45) is 3.34. The van der Waals surface area contributed by atoms with Gasteiger partial charge in [0.1, 0.15) is 0 Å². The van der Waals surface area contributed by atoms with E-state index in [0.29, 0.717) is 0 Å². The molecule has 1 aromatic heterocycles. The molecular formula is C17H30N4S2. The molecule has 0 aliphatic carbocycles. The Hall–Kier alpha value is -0.720. The van der Waals surface area contributed by atoms with E-state index >= 15 is 0 Å². The summed E-state index contributed by atoms with van der Waals surface area (Å²) in [5.41, 5.74) is 1.52. The molecule has 0 spiro atoms. The van der Waals surface area contributed by atoms with Gasteiger partial charge in [-0.3, -0.25) is 9.89 Å². The molecule has 0 amide bonds. The quantitative estimate of drug-likeness (QED) is 0.583. The van der Waals surface area contributed by atoms with Crippen LogP contribution in [0.2, 0.25) is 0 Å². The average Bonchev–Trinajstić information content (AvgIpc) is 3.00. The summed E-state index contributed by atoms with van der Waals surface area (Å²) in [4.78, 5) is 8.82. The van der Waals surface area contributed by atoms with Crippen molar-refractivity contribution in [1.82, 2.24) is 15.5 Å². The van der Waals surface area contributed by atoms with Crippen LogP contribution in [-0.2, 0) is 13.0 Å². The number of hydrogen-bond acceptors (Lipinski definition) is 4. The number of thioether (sulfide) groups is 1. The normalized spacial score (nSPS) is 16.3. The molecule has 0 radical (unpaired) electrons. The van der Waals surface area contributed by atoms with Gasteiger partial charge >= 0.3 is 0 Å². The van der Waals surface area contributed by atoms with Gasteiger partial charge in [-0.05, 0) is 50.5 Å². The fraction of sp³-hybridized carbons (Fsp3) is 0.706. The fourth-order valence-electron chi connectivity index (χ4n) is 2.51. The monoisotopic (exact) mass is 354 g/mol. The second-order valence-corrected chi connectivity index (χ2v) is 9.00. The summed E-state index contributed by atoms with van der Waals surface area (Å²) in [6.45, 7) is 12.6. The third kappa shape index (κ3) is 6.01. The molecule has 0 saturated carbocycles. The molecule has 4 nitrogen and oxygen atoms in total. The lowest BCUT2D eigenvalue weighted by Gasteiger charge is -2.27. The Morgan fingerprint density at radius 3 is 3.00 bits per heavy atom. The molecule has 0 fully saturated rings. The molecular weight excluding hydrogens is 324 g/mol. The van der Waals surface area contributed by atoms with Gasteiger partial charge in [0, 0.05) is 42.3 Å². The number of thiophene rings is 1. The van der Waals surface area contributed by atoms with Crippen LogP contribution in [0.4, 0.5) is 0 Å². The van der Waals surface area contributed by atoms with Crippen LogP contribution in [0.5, 0.6) is 0 Å². The number of nitrogens with zero attached hydrogens (tertiary/aromatic N) is 2. The van der Waals surface area contributed by atoms with E-state index in [-0.39, 0.29) is 4.75 Å². The first-order valence-electron chi connectivity index (χ1n) is 8.39. The molecule has 0 atom stereocenters. The van der Waals surface area contributed by atoms with Gasteiger partial charge in [-0.1, -0.05) is 0 Å². The van der Waals surface area contributed by atoms with E-state index in [9.17, 15) is 0 Å². The minimum atomic E-state index is 0.185. The van der Waals surface area contributed by atoms with E-state index in [1.807, 2.05) is 23.1 Å². The van der Waals surface area contributed by atoms with E-state index in [1.54, 1.807) is 4.88 Å². The van der Waals surface area contributed by atoms with Gasteiger partial charge in [-0.2, -0.15) is 11.8 Å². The van der Waals surface area contributed by atoms with Crippen LogP contribution in [-0.4, -0.2) is 54.6 Å². The van der Waals surface area contributed by atoms with Crippen LogP contribution in [0.1, 0.15) is 31.2 Å². The Morgan fingerprint density at radius 1 is 1.43 bits per heavy atom. The molecule has 0 unspecified atom stereocenters. The van der Waals surface area contributed by atoms with Gasteiger partial charge in [0.15, 0.2) is 5.96 Å². The Kier molecular flexibility index (Phi) is 7.24. The van der Waals surface area contributed by atoms with Crippen molar-refractivity contribution in [3.63, 3.8) is 0 Å². The Morgan fingerprint density at radius 2 is 2.26 bits per heavy atom. The largest absolute Gasteiger partial charge is 0.357 e. The highest BCUT2D eigenvalue weighted by molar-refractivity contribution is 7.99. The zero-order valence-electron chi connectivity index (χ0n) is 14.8. The third-order valence-electron chi connectivity index (χ3n) is 4.12. The number of rotatable bonds is 7. The maximum absolute atomic E-state index is 4.72. The molecule has 2 N–H and O–H groups in total. The summed E-state index contributed by atoms with van der Waals surface area (Å²) in [7, 11) is 0. The lowest BCUT2D eigenvalue weighted by Crippen LogP contribution is -2.43. The first-order valence-corrected chi connectivity index (χ1v) is 10.5. The maximum atomic E-state index is 4.72. The van der Waals surface area contributed by atoms with Crippen LogP contribution >= 0.6 is 23.1 Å². The molecule has 6 heteroatoms. The molecule has 1 aliphatic heterocycles. The Bertz CT molecular complexity index is 510. The number of nitrogens with one attached hydrogen (secondary N) is 2. The van der Waals surface area contributed by atoms with Gasteiger partial charge in [0.05, 0.1) is 6.54 Å². The highest BCUT2D eigenvalue weighted by Crippen LogP contribution is 2.23. The maximum Gasteiger partial charge on any atom is 0.191 e. The van der Waals surface area contributed by atoms with Crippen LogP contribution in [0.15, 0.2) is 16.4 Å². The van der Waals surface area contributed by atoms with Gasteiger partial charge in [-0.15, -0.1) is 11.3 Å². The van der Waals surface area contributed by atoms with Crippen molar-refractivity contribution in [3.05, 3.63) is 21.9 Å². The van der Waals surface area contributed by atoms with Crippen molar-refractivity contribution in [2.45, 2.75) is 38.5 Å². The van der Waals surface area contributed by atoms with Gasteiger partial charge in [0.25, 0.3) is 0 Å². The molecule has 1 aliphatic rings.